The van der Waals surface area contributed by atoms with Gasteiger partial charge in [0.25, 0.3) is 17.7 Å². The van der Waals surface area contributed by atoms with E-state index in [0.717, 1.165) is 54.2 Å². The van der Waals surface area contributed by atoms with Crippen LogP contribution < -0.4 is 20.3 Å². The van der Waals surface area contributed by atoms with E-state index >= 15 is 0 Å². The molecule has 4 aliphatic heterocycles. The normalized spacial score (nSPS) is 23.7. The summed E-state index contributed by atoms with van der Waals surface area (Å²) in [6.45, 7) is 15.5. The predicted molar refractivity (Wildman–Crippen MR) is 200 cm³/mol. The Morgan fingerprint density at radius 3 is 2.22 bits per heavy atom. The Bertz CT molecular complexity index is 2080. The Balaban J connectivity index is 0.802. The molecular formula is C41H41ClN6O6. The molecule has 12 nitrogen and oxygen atoms in total. The summed E-state index contributed by atoms with van der Waals surface area (Å²) in [5, 5.41) is 5.79. The topological polar surface area (TPSA) is 133 Å². The Hall–Kier alpha value is -5.25. The van der Waals surface area contributed by atoms with Gasteiger partial charge in [0, 0.05) is 68.3 Å². The molecule has 4 heterocycles. The first-order valence-electron chi connectivity index (χ1n) is 18.5. The Morgan fingerprint density at radius 1 is 0.963 bits per heavy atom. The van der Waals surface area contributed by atoms with Crippen molar-refractivity contribution in [3.8, 4) is 5.75 Å². The lowest BCUT2D eigenvalue weighted by Gasteiger charge is -2.51. The molecule has 0 unspecified atom stereocenters. The molecule has 3 aromatic carbocycles. The highest BCUT2D eigenvalue weighted by molar-refractivity contribution is 6.33. The quantitative estimate of drug-likeness (QED) is 0.228. The van der Waals surface area contributed by atoms with E-state index in [2.05, 4.69) is 39.1 Å². The van der Waals surface area contributed by atoms with E-state index < -0.39 is 29.7 Å². The number of halogens is 1. The lowest BCUT2D eigenvalue weighted by molar-refractivity contribution is -0.136. The third-order valence-electron chi connectivity index (χ3n) is 12.0. The van der Waals surface area contributed by atoms with Crippen molar-refractivity contribution in [3.63, 3.8) is 0 Å². The molecule has 2 N–H and O–H groups in total. The van der Waals surface area contributed by atoms with Crippen molar-refractivity contribution in [2.24, 2.45) is 11.3 Å². The van der Waals surface area contributed by atoms with Gasteiger partial charge in [-0.25, -0.2) is 4.85 Å². The van der Waals surface area contributed by atoms with Gasteiger partial charge in [0.1, 0.15) is 17.9 Å². The van der Waals surface area contributed by atoms with Gasteiger partial charge < -0.3 is 15.0 Å². The first-order valence-corrected chi connectivity index (χ1v) is 18.9. The number of amides is 5. The summed E-state index contributed by atoms with van der Waals surface area (Å²) >= 11 is 6.18. The van der Waals surface area contributed by atoms with Gasteiger partial charge in [-0.3, -0.25) is 39.1 Å². The average Bonchev–Trinajstić information content (AvgIpc) is 3.66. The molecule has 5 amide bonds. The summed E-state index contributed by atoms with van der Waals surface area (Å²) in [6.07, 6.45) is 2.87. The van der Waals surface area contributed by atoms with Crippen LogP contribution in [0.2, 0.25) is 5.02 Å². The highest BCUT2D eigenvalue weighted by Crippen LogP contribution is 2.44. The average molecular weight is 749 g/mol. The smallest absolute Gasteiger partial charge is 0.262 e. The zero-order valence-electron chi connectivity index (χ0n) is 30.2. The van der Waals surface area contributed by atoms with E-state index in [1.54, 1.807) is 18.2 Å². The van der Waals surface area contributed by atoms with Crippen LogP contribution in [0.3, 0.4) is 0 Å². The van der Waals surface area contributed by atoms with Crippen molar-refractivity contribution >= 4 is 52.5 Å². The number of fused-ring (bicyclic) bond motifs is 2. The molecule has 278 valence electrons. The minimum absolute atomic E-state index is 0.0451. The van der Waals surface area contributed by atoms with Crippen molar-refractivity contribution in [2.75, 3.05) is 24.5 Å². The van der Waals surface area contributed by atoms with Crippen molar-refractivity contribution < 1.29 is 28.7 Å². The second-order valence-corrected chi connectivity index (χ2v) is 16.1. The fourth-order valence-corrected chi connectivity index (χ4v) is 8.73. The van der Waals surface area contributed by atoms with Crippen LogP contribution in [0.25, 0.3) is 4.85 Å². The number of nitrogens with one attached hydrogen (secondary N) is 2. The second-order valence-electron chi connectivity index (χ2n) is 15.7. The van der Waals surface area contributed by atoms with Crippen LogP contribution >= 0.6 is 11.6 Å². The number of benzene rings is 3. The molecular weight excluding hydrogens is 708 g/mol. The van der Waals surface area contributed by atoms with Gasteiger partial charge in [0.2, 0.25) is 17.5 Å². The Labute approximate surface area is 318 Å². The number of rotatable bonds is 8. The highest BCUT2D eigenvalue weighted by atomic mass is 35.5. The van der Waals surface area contributed by atoms with E-state index in [-0.39, 0.29) is 36.3 Å². The van der Waals surface area contributed by atoms with Crippen LogP contribution in [0.4, 0.5) is 11.4 Å². The van der Waals surface area contributed by atoms with Crippen molar-refractivity contribution in [1.82, 2.24) is 20.4 Å². The number of ether oxygens (including phenoxy) is 1. The summed E-state index contributed by atoms with van der Waals surface area (Å²) < 4.78 is 6.17. The molecule has 8 rings (SSSR count). The molecule has 5 aliphatic rings. The predicted octanol–water partition coefficient (Wildman–Crippen LogP) is 5.50. The number of hydrogen-bond acceptors (Lipinski definition) is 8. The monoisotopic (exact) mass is 748 g/mol. The number of anilines is 1. The zero-order chi connectivity index (χ0) is 37.9. The maximum atomic E-state index is 13.3. The standard InChI is InChI=1S/C41H41ClN6O6/c1-41(2)34(19-35(41)54-28-8-9-32(43-3)31(42)18-28)44-37(50)24-4-6-27(7-5-24)47-14-12-23(13-15-47)20-46-21-25-16-29-30(17-26(25)22-46)40(53)48(39(29)52)33-10-11-36(49)45-38(33)51/h4-9,16-18,23,33-35H,10-15,19-22H2,1-2H3,(H,44,50)(H,45,49,51)/t33-,34+,35+/m1/s1. The molecule has 0 bridgehead atoms. The molecule has 1 saturated carbocycles. The third kappa shape index (κ3) is 6.49. The molecule has 3 atom stereocenters. The third-order valence-corrected chi connectivity index (χ3v) is 12.3. The summed E-state index contributed by atoms with van der Waals surface area (Å²) in [5.41, 5.74) is 4.53. The fourth-order valence-electron chi connectivity index (χ4n) is 8.52. The van der Waals surface area contributed by atoms with Gasteiger partial charge in [-0.1, -0.05) is 31.5 Å². The summed E-state index contributed by atoms with van der Waals surface area (Å²) in [4.78, 5) is 73.0. The zero-order valence-corrected chi connectivity index (χ0v) is 30.9. The molecule has 1 aliphatic carbocycles. The second kappa shape index (κ2) is 13.9. The first-order chi connectivity index (χ1) is 25.9. The van der Waals surface area contributed by atoms with Crippen molar-refractivity contribution in [2.45, 2.75) is 77.2 Å². The van der Waals surface area contributed by atoms with Crippen LogP contribution in [-0.4, -0.2) is 77.2 Å². The van der Waals surface area contributed by atoms with Gasteiger partial charge >= 0.3 is 0 Å². The highest BCUT2D eigenvalue weighted by Gasteiger charge is 2.51. The maximum Gasteiger partial charge on any atom is 0.262 e. The summed E-state index contributed by atoms with van der Waals surface area (Å²) in [5.74, 6) is -0.928. The van der Waals surface area contributed by atoms with Crippen LogP contribution in [0.1, 0.15) is 88.2 Å². The lowest BCUT2D eigenvalue weighted by atomic mass is 9.64. The van der Waals surface area contributed by atoms with Crippen molar-refractivity contribution in [1.29, 1.82) is 0 Å². The number of hydrogen-bond donors (Lipinski definition) is 2. The summed E-state index contributed by atoms with van der Waals surface area (Å²) in [7, 11) is 0. The fraction of sp³-hybridized carbons (Fsp3) is 0.415. The molecule has 0 radical (unpaired) electrons. The molecule has 54 heavy (non-hydrogen) atoms. The van der Waals surface area contributed by atoms with Gasteiger partial charge in [-0.15, -0.1) is 0 Å². The molecule has 3 fully saturated rings. The minimum Gasteiger partial charge on any atom is -0.490 e. The molecule has 2 saturated heterocycles. The largest absolute Gasteiger partial charge is 0.490 e. The molecule has 3 aromatic rings. The van der Waals surface area contributed by atoms with E-state index in [9.17, 15) is 24.0 Å². The van der Waals surface area contributed by atoms with Crippen LogP contribution in [0, 0.1) is 17.9 Å². The van der Waals surface area contributed by atoms with E-state index in [4.69, 9.17) is 22.9 Å². The van der Waals surface area contributed by atoms with Gasteiger partial charge in [-0.05, 0) is 84.8 Å². The lowest BCUT2D eigenvalue weighted by Crippen LogP contribution is -2.63. The number of carbonyl (C=O) groups is 5. The first kappa shape index (κ1) is 35.8. The minimum atomic E-state index is -0.964. The van der Waals surface area contributed by atoms with Crippen LogP contribution in [0.5, 0.6) is 5.75 Å². The number of nitrogens with zero attached hydrogens (tertiary/aromatic N) is 4. The summed E-state index contributed by atoms with van der Waals surface area (Å²) in [6, 6.07) is 15.5. The molecule has 0 spiro atoms. The number of imide groups is 2. The van der Waals surface area contributed by atoms with Gasteiger partial charge in [0.15, 0.2) is 0 Å². The van der Waals surface area contributed by atoms with Crippen molar-refractivity contribution in [3.05, 3.63) is 98.9 Å². The van der Waals surface area contributed by atoms with Crippen LogP contribution in [0.15, 0.2) is 54.6 Å². The SMILES string of the molecule is [C-]#[N+]c1ccc(O[C@H]2C[C@H](NC(=O)c3ccc(N4CCC(CN5Cc6cc7c(cc6C5)C(=O)N([C@@H]5CCC(=O)NC5=O)C7=O)CC4)cc3)C2(C)C)cc1Cl. The molecule has 13 heteroatoms. The van der Waals surface area contributed by atoms with Gasteiger partial charge in [-0.2, -0.15) is 0 Å². The molecule has 0 aromatic heterocycles. The van der Waals surface area contributed by atoms with Crippen LogP contribution in [-0.2, 0) is 22.7 Å². The number of carbonyl (C=O) groups excluding carboxylic acids is 5. The Kier molecular flexibility index (Phi) is 9.18. The van der Waals surface area contributed by atoms with E-state index in [0.29, 0.717) is 58.6 Å². The van der Waals surface area contributed by atoms with Gasteiger partial charge in [0.05, 0.1) is 22.7 Å². The maximum absolute atomic E-state index is 13.3. The van der Waals surface area contributed by atoms with E-state index in [1.165, 1.54) is 0 Å². The number of piperidine rings is 2. The Morgan fingerprint density at radius 2 is 1.63 bits per heavy atom. The van der Waals surface area contributed by atoms with E-state index in [1.807, 2.05) is 36.4 Å².